The Balaban J connectivity index is 1.50. The molecule has 0 aromatic heterocycles. The standard InChI is InChI=1S/C18H24N2O3/c1-12(13-7-8-16-14(9-13)10-17(21)20-16)19-18(22)11-23-15-5-3-2-4-6-15/h7-9,12,15H,2-6,10-11H2,1H3,(H,19,22)(H,20,21)/t12-/m0/s1. The number of amides is 2. The lowest BCUT2D eigenvalue weighted by molar-refractivity contribution is -0.129. The first-order valence-corrected chi connectivity index (χ1v) is 8.45. The maximum atomic E-state index is 12.1. The highest BCUT2D eigenvalue weighted by Gasteiger charge is 2.20. The third kappa shape index (κ3) is 4.10. The number of nitrogens with one attached hydrogen (secondary N) is 2. The van der Waals surface area contributed by atoms with Crippen molar-refractivity contribution in [3.05, 3.63) is 29.3 Å². The molecule has 2 amide bonds. The molecular weight excluding hydrogens is 292 g/mol. The van der Waals surface area contributed by atoms with E-state index in [0.717, 1.165) is 29.7 Å². The molecule has 0 unspecified atom stereocenters. The number of carbonyl (C=O) groups is 2. The summed E-state index contributed by atoms with van der Waals surface area (Å²) in [6, 6.07) is 5.73. The topological polar surface area (TPSA) is 67.4 Å². The van der Waals surface area contributed by atoms with Crippen molar-refractivity contribution < 1.29 is 14.3 Å². The summed E-state index contributed by atoms with van der Waals surface area (Å²) in [6.45, 7) is 2.07. The van der Waals surface area contributed by atoms with Crippen LogP contribution in [0.15, 0.2) is 18.2 Å². The minimum atomic E-state index is -0.0987. The fourth-order valence-electron chi connectivity index (χ4n) is 3.31. The molecule has 0 radical (unpaired) electrons. The minimum Gasteiger partial charge on any atom is -0.368 e. The molecule has 1 aliphatic carbocycles. The van der Waals surface area contributed by atoms with Gasteiger partial charge in [-0.15, -0.1) is 0 Å². The van der Waals surface area contributed by atoms with Gasteiger partial charge in [0.15, 0.2) is 0 Å². The third-order valence-corrected chi connectivity index (χ3v) is 4.63. The molecule has 23 heavy (non-hydrogen) atoms. The Hall–Kier alpha value is -1.88. The van der Waals surface area contributed by atoms with Crippen LogP contribution in [0, 0.1) is 0 Å². The van der Waals surface area contributed by atoms with Crippen LogP contribution in [0.1, 0.15) is 56.2 Å². The Morgan fingerprint density at radius 3 is 2.91 bits per heavy atom. The summed E-state index contributed by atoms with van der Waals surface area (Å²) in [7, 11) is 0. The molecule has 1 fully saturated rings. The van der Waals surface area contributed by atoms with Gasteiger partial charge in [0.1, 0.15) is 6.61 Å². The fraction of sp³-hybridized carbons (Fsp3) is 0.556. The molecule has 2 N–H and O–H groups in total. The molecule has 124 valence electrons. The van der Waals surface area contributed by atoms with E-state index in [2.05, 4.69) is 10.6 Å². The van der Waals surface area contributed by atoms with Gasteiger partial charge in [-0.3, -0.25) is 9.59 Å². The van der Waals surface area contributed by atoms with E-state index in [0.29, 0.717) is 6.42 Å². The number of benzene rings is 1. The van der Waals surface area contributed by atoms with Gasteiger partial charge in [-0.1, -0.05) is 31.4 Å². The molecule has 1 aliphatic heterocycles. The van der Waals surface area contributed by atoms with Gasteiger partial charge in [0.2, 0.25) is 11.8 Å². The van der Waals surface area contributed by atoms with E-state index < -0.39 is 0 Å². The van der Waals surface area contributed by atoms with Crippen molar-refractivity contribution in [2.45, 2.75) is 57.6 Å². The van der Waals surface area contributed by atoms with E-state index in [-0.39, 0.29) is 30.6 Å². The van der Waals surface area contributed by atoms with E-state index in [1.807, 2.05) is 25.1 Å². The van der Waals surface area contributed by atoms with Crippen LogP contribution in [-0.2, 0) is 20.7 Å². The summed E-state index contributed by atoms with van der Waals surface area (Å²) < 4.78 is 5.70. The van der Waals surface area contributed by atoms with Crippen LogP contribution < -0.4 is 10.6 Å². The Bertz CT molecular complexity index is 594. The lowest BCUT2D eigenvalue weighted by Crippen LogP contribution is -2.32. The first kappa shape index (κ1) is 16.0. The van der Waals surface area contributed by atoms with Crippen LogP contribution in [0.2, 0.25) is 0 Å². The Morgan fingerprint density at radius 1 is 1.35 bits per heavy atom. The Labute approximate surface area is 136 Å². The zero-order valence-corrected chi connectivity index (χ0v) is 13.6. The van der Waals surface area contributed by atoms with Gasteiger partial charge in [-0.05, 0) is 37.0 Å². The largest absolute Gasteiger partial charge is 0.368 e. The lowest BCUT2D eigenvalue weighted by Gasteiger charge is -2.22. The number of hydrogen-bond donors (Lipinski definition) is 2. The maximum absolute atomic E-state index is 12.1. The van der Waals surface area contributed by atoms with Crippen LogP contribution in [0.25, 0.3) is 0 Å². The predicted octanol–water partition coefficient (Wildman–Crippen LogP) is 2.71. The van der Waals surface area contributed by atoms with E-state index in [9.17, 15) is 9.59 Å². The van der Waals surface area contributed by atoms with E-state index in [1.54, 1.807) is 0 Å². The molecule has 1 heterocycles. The van der Waals surface area contributed by atoms with Crippen LogP contribution in [0.3, 0.4) is 0 Å². The van der Waals surface area contributed by atoms with Gasteiger partial charge < -0.3 is 15.4 Å². The number of anilines is 1. The van der Waals surface area contributed by atoms with E-state index in [1.165, 1.54) is 19.3 Å². The van der Waals surface area contributed by atoms with Gasteiger partial charge in [-0.25, -0.2) is 0 Å². The van der Waals surface area contributed by atoms with Crippen LogP contribution in [0.5, 0.6) is 0 Å². The first-order chi connectivity index (χ1) is 11.1. The lowest BCUT2D eigenvalue weighted by atomic mass is 9.98. The second-order valence-electron chi connectivity index (χ2n) is 6.50. The Morgan fingerprint density at radius 2 is 2.13 bits per heavy atom. The smallest absolute Gasteiger partial charge is 0.246 e. The van der Waals surface area contributed by atoms with Gasteiger partial charge in [0.25, 0.3) is 0 Å². The van der Waals surface area contributed by atoms with Crippen molar-refractivity contribution in [1.82, 2.24) is 5.32 Å². The zero-order valence-electron chi connectivity index (χ0n) is 13.6. The number of carbonyl (C=O) groups excluding carboxylic acids is 2. The third-order valence-electron chi connectivity index (χ3n) is 4.63. The van der Waals surface area contributed by atoms with Crippen LogP contribution in [0.4, 0.5) is 5.69 Å². The van der Waals surface area contributed by atoms with E-state index in [4.69, 9.17) is 4.74 Å². The zero-order chi connectivity index (χ0) is 16.2. The summed E-state index contributed by atoms with van der Waals surface area (Å²) >= 11 is 0. The fourth-order valence-corrected chi connectivity index (χ4v) is 3.31. The molecule has 5 heteroatoms. The second-order valence-corrected chi connectivity index (χ2v) is 6.50. The molecule has 0 bridgehead atoms. The molecule has 1 aromatic carbocycles. The van der Waals surface area contributed by atoms with E-state index >= 15 is 0 Å². The normalized spacial score (nSPS) is 19.1. The Kier molecular flexibility index (Phi) is 4.96. The predicted molar refractivity (Wildman–Crippen MR) is 88.2 cm³/mol. The van der Waals surface area contributed by atoms with Crippen molar-refractivity contribution >= 4 is 17.5 Å². The first-order valence-electron chi connectivity index (χ1n) is 8.45. The summed E-state index contributed by atoms with van der Waals surface area (Å²) in [5.41, 5.74) is 2.87. The summed E-state index contributed by atoms with van der Waals surface area (Å²) in [5, 5.41) is 5.78. The van der Waals surface area contributed by atoms with Crippen molar-refractivity contribution in [3.63, 3.8) is 0 Å². The van der Waals surface area contributed by atoms with Crippen molar-refractivity contribution in [2.24, 2.45) is 0 Å². The molecule has 0 spiro atoms. The molecule has 3 rings (SSSR count). The summed E-state index contributed by atoms with van der Waals surface area (Å²) in [6.07, 6.45) is 6.45. The maximum Gasteiger partial charge on any atom is 0.246 e. The number of ether oxygens (including phenoxy) is 1. The quantitative estimate of drug-likeness (QED) is 0.877. The average molecular weight is 316 g/mol. The number of fused-ring (bicyclic) bond motifs is 1. The van der Waals surface area contributed by atoms with Crippen LogP contribution in [-0.4, -0.2) is 24.5 Å². The number of rotatable bonds is 5. The highest BCUT2D eigenvalue weighted by Crippen LogP contribution is 2.26. The van der Waals surface area contributed by atoms with Crippen molar-refractivity contribution in [3.8, 4) is 0 Å². The molecule has 5 nitrogen and oxygen atoms in total. The van der Waals surface area contributed by atoms with Gasteiger partial charge in [0, 0.05) is 5.69 Å². The molecule has 0 saturated heterocycles. The van der Waals surface area contributed by atoms with Gasteiger partial charge in [-0.2, -0.15) is 0 Å². The number of hydrogen-bond acceptors (Lipinski definition) is 3. The molecule has 1 aromatic rings. The average Bonchev–Trinajstić information content (AvgIpc) is 2.93. The summed E-state index contributed by atoms with van der Waals surface area (Å²) in [5.74, 6) is -0.0625. The molecular formula is C18H24N2O3. The minimum absolute atomic E-state index is 0.0229. The second kappa shape index (κ2) is 7.13. The molecule has 2 aliphatic rings. The van der Waals surface area contributed by atoms with Crippen molar-refractivity contribution in [1.29, 1.82) is 0 Å². The SMILES string of the molecule is C[C@H](NC(=O)COC1CCCCC1)c1ccc2c(c1)CC(=O)N2. The van der Waals surface area contributed by atoms with Crippen LogP contribution >= 0.6 is 0 Å². The summed E-state index contributed by atoms with van der Waals surface area (Å²) in [4.78, 5) is 23.4. The molecule has 1 atom stereocenters. The molecule has 1 saturated carbocycles. The van der Waals surface area contributed by atoms with Gasteiger partial charge >= 0.3 is 0 Å². The van der Waals surface area contributed by atoms with Gasteiger partial charge in [0.05, 0.1) is 18.6 Å². The highest BCUT2D eigenvalue weighted by molar-refractivity contribution is 5.99. The highest BCUT2D eigenvalue weighted by atomic mass is 16.5. The van der Waals surface area contributed by atoms with Crippen molar-refractivity contribution in [2.75, 3.05) is 11.9 Å². The monoisotopic (exact) mass is 316 g/mol.